The van der Waals surface area contributed by atoms with Crippen LogP contribution in [0, 0.1) is 0 Å². The van der Waals surface area contributed by atoms with Gasteiger partial charge in [0.1, 0.15) is 11.5 Å². The molecule has 26 heavy (non-hydrogen) atoms. The van der Waals surface area contributed by atoms with Crippen LogP contribution in [-0.2, 0) is 6.18 Å². The number of pyridine rings is 1. The fraction of sp³-hybridized carbons (Fsp3) is 0.176. The summed E-state index contributed by atoms with van der Waals surface area (Å²) in [6.45, 7) is 1.13. The summed E-state index contributed by atoms with van der Waals surface area (Å²) in [4.78, 5) is 26.4. The van der Waals surface area contributed by atoms with Crippen LogP contribution in [0.5, 0.6) is 0 Å². The van der Waals surface area contributed by atoms with E-state index in [1.165, 1.54) is 0 Å². The van der Waals surface area contributed by atoms with Crippen molar-refractivity contribution in [2.75, 3.05) is 13.1 Å². The monoisotopic (exact) mass is 359 g/mol. The highest BCUT2D eigenvalue weighted by molar-refractivity contribution is 6.19. The van der Waals surface area contributed by atoms with Crippen molar-refractivity contribution in [3.05, 3.63) is 59.4 Å². The van der Waals surface area contributed by atoms with Crippen LogP contribution in [0.2, 0.25) is 0 Å². The van der Waals surface area contributed by atoms with Gasteiger partial charge in [-0.25, -0.2) is 4.99 Å². The molecule has 2 aromatic rings. The number of halogens is 3. The van der Waals surface area contributed by atoms with Crippen LogP contribution in [0.3, 0.4) is 0 Å². The molecule has 0 unspecified atom stereocenters. The minimum atomic E-state index is -4.55. The van der Waals surface area contributed by atoms with E-state index in [2.05, 4.69) is 20.3 Å². The van der Waals surface area contributed by atoms with E-state index in [-0.39, 0.29) is 5.56 Å². The Bertz CT molecular complexity index is 934. The topological polar surface area (TPSA) is 70.0 Å². The standard InChI is InChI=1S/C17H12F3N5O/c18-17(19,20)13-6-5-10(9-22-13)15(26)24-16-23-12-4-2-1-3-11(12)14-21-7-8-25(14)16/h1-6,9H,7-8H2,(H,23,24,26). The Hall–Kier alpha value is -3.23. The summed E-state index contributed by atoms with van der Waals surface area (Å²) in [5.41, 5.74) is 0.508. The molecule has 0 saturated carbocycles. The Morgan fingerprint density at radius 3 is 2.69 bits per heavy atom. The Morgan fingerprint density at radius 1 is 1.15 bits per heavy atom. The number of hydrogen-bond acceptors (Lipinski definition) is 5. The van der Waals surface area contributed by atoms with Gasteiger partial charge in [-0.15, -0.1) is 0 Å². The van der Waals surface area contributed by atoms with Crippen molar-refractivity contribution >= 4 is 23.4 Å². The number of nitrogens with zero attached hydrogens (tertiary/aromatic N) is 4. The predicted octanol–water partition coefficient (Wildman–Crippen LogP) is 2.59. The van der Waals surface area contributed by atoms with Gasteiger partial charge >= 0.3 is 6.18 Å². The molecule has 2 aliphatic rings. The Kier molecular flexibility index (Phi) is 3.71. The van der Waals surface area contributed by atoms with Gasteiger partial charge in [0.05, 0.1) is 17.8 Å². The van der Waals surface area contributed by atoms with Crippen LogP contribution in [0.4, 0.5) is 18.9 Å². The predicted molar refractivity (Wildman–Crippen MR) is 88.4 cm³/mol. The molecule has 3 heterocycles. The number of carbonyl (C=O) groups is 1. The second-order valence-corrected chi connectivity index (χ2v) is 5.69. The van der Waals surface area contributed by atoms with E-state index in [4.69, 9.17) is 0 Å². The number of fused-ring (bicyclic) bond motifs is 3. The van der Waals surface area contributed by atoms with E-state index in [0.29, 0.717) is 24.7 Å². The number of rotatable bonds is 1. The molecule has 0 saturated heterocycles. The number of aromatic nitrogens is 1. The normalized spacial score (nSPS) is 15.7. The SMILES string of the molecule is O=C(NC1=Nc2ccccc2C2=NCCN12)c1ccc(C(F)(F)F)nc1. The highest BCUT2D eigenvalue weighted by atomic mass is 19.4. The molecule has 9 heteroatoms. The highest BCUT2D eigenvalue weighted by Crippen LogP contribution is 2.28. The number of amidine groups is 1. The zero-order chi connectivity index (χ0) is 18.3. The molecule has 0 aliphatic carbocycles. The summed E-state index contributed by atoms with van der Waals surface area (Å²) >= 11 is 0. The lowest BCUT2D eigenvalue weighted by molar-refractivity contribution is -0.141. The van der Waals surface area contributed by atoms with Crippen LogP contribution >= 0.6 is 0 Å². The second-order valence-electron chi connectivity index (χ2n) is 5.69. The number of hydrogen-bond donors (Lipinski definition) is 1. The van der Waals surface area contributed by atoms with Crippen LogP contribution in [-0.4, -0.2) is 40.7 Å². The average Bonchev–Trinajstić information content (AvgIpc) is 3.11. The first-order chi connectivity index (χ1) is 12.4. The average molecular weight is 359 g/mol. The second kappa shape index (κ2) is 5.94. The minimum Gasteiger partial charge on any atom is -0.294 e. The number of benzene rings is 1. The molecule has 0 fully saturated rings. The third-order valence-corrected chi connectivity index (χ3v) is 4.01. The fourth-order valence-electron chi connectivity index (χ4n) is 2.78. The van der Waals surface area contributed by atoms with Crippen LogP contribution in [0.25, 0.3) is 0 Å². The van der Waals surface area contributed by atoms with Crippen molar-refractivity contribution in [2.24, 2.45) is 9.98 Å². The van der Waals surface area contributed by atoms with Gasteiger partial charge in [-0.05, 0) is 24.3 Å². The van der Waals surface area contributed by atoms with Crippen molar-refractivity contribution < 1.29 is 18.0 Å². The molecule has 4 rings (SSSR count). The van der Waals surface area contributed by atoms with Crippen molar-refractivity contribution in [1.82, 2.24) is 15.2 Å². The molecule has 1 aromatic carbocycles. The number of carbonyl (C=O) groups excluding carboxylic acids is 1. The molecular weight excluding hydrogens is 347 g/mol. The summed E-state index contributed by atoms with van der Waals surface area (Å²) in [6.07, 6.45) is -3.65. The summed E-state index contributed by atoms with van der Waals surface area (Å²) in [7, 11) is 0. The molecular formula is C17H12F3N5O. The summed E-state index contributed by atoms with van der Waals surface area (Å²) in [5.74, 6) is 0.428. The first-order valence-electron chi connectivity index (χ1n) is 7.78. The Labute approximate surface area is 146 Å². The van der Waals surface area contributed by atoms with Gasteiger partial charge in [-0.2, -0.15) is 13.2 Å². The van der Waals surface area contributed by atoms with Gasteiger partial charge in [-0.3, -0.25) is 25.0 Å². The van der Waals surface area contributed by atoms with Crippen LogP contribution in [0.15, 0.2) is 52.6 Å². The minimum absolute atomic E-state index is 0.0113. The smallest absolute Gasteiger partial charge is 0.294 e. The molecule has 6 nitrogen and oxygen atoms in total. The maximum atomic E-state index is 12.6. The number of guanidine groups is 1. The first-order valence-corrected chi connectivity index (χ1v) is 7.78. The van der Waals surface area contributed by atoms with Gasteiger partial charge in [-0.1, -0.05) is 12.1 Å². The fourth-order valence-corrected chi connectivity index (χ4v) is 2.78. The van der Waals surface area contributed by atoms with E-state index in [0.717, 1.165) is 29.7 Å². The van der Waals surface area contributed by atoms with E-state index in [9.17, 15) is 18.0 Å². The number of amides is 1. The van der Waals surface area contributed by atoms with E-state index < -0.39 is 17.8 Å². The van der Waals surface area contributed by atoms with Crippen LogP contribution in [0.1, 0.15) is 21.6 Å². The Balaban J connectivity index is 1.60. The zero-order valence-corrected chi connectivity index (χ0v) is 13.3. The molecule has 0 radical (unpaired) electrons. The highest BCUT2D eigenvalue weighted by Gasteiger charge is 2.33. The quantitative estimate of drug-likeness (QED) is 0.851. The van der Waals surface area contributed by atoms with E-state index in [1.807, 2.05) is 18.2 Å². The maximum Gasteiger partial charge on any atom is 0.433 e. The molecule has 1 N–H and O–H groups in total. The molecule has 2 aliphatic heterocycles. The molecule has 0 spiro atoms. The molecule has 132 valence electrons. The number of nitrogens with one attached hydrogen (secondary N) is 1. The Morgan fingerprint density at radius 2 is 1.96 bits per heavy atom. The van der Waals surface area contributed by atoms with Crippen molar-refractivity contribution in [3.63, 3.8) is 0 Å². The van der Waals surface area contributed by atoms with E-state index in [1.54, 1.807) is 11.0 Å². The molecule has 0 atom stereocenters. The van der Waals surface area contributed by atoms with Gasteiger partial charge in [0.2, 0.25) is 5.96 Å². The molecule has 0 bridgehead atoms. The largest absolute Gasteiger partial charge is 0.433 e. The first kappa shape index (κ1) is 16.2. The van der Waals surface area contributed by atoms with Gasteiger partial charge in [0.15, 0.2) is 0 Å². The lowest BCUT2D eigenvalue weighted by atomic mass is 10.1. The molecule has 1 amide bonds. The lowest BCUT2D eigenvalue weighted by Crippen LogP contribution is -2.47. The maximum absolute atomic E-state index is 12.6. The van der Waals surface area contributed by atoms with Gasteiger partial charge in [0, 0.05) is 18.3 Å². The summed E-state index contributed by atoms with van der Waals surface area (Å²) < 4.78 is 37.7. The summed E-state index contributed by atoms with van der Waals surface area (Å²) in [6, 6.07) is 9.27. The lowest BCUT2D eigenvalue weighted by Gasteiger charge is -2.27. The number of aliphatic imine (C=N–C) groups is 2. The zero-order valence-electron chi connectivity index (χ0n) is 13.3. The van der Waals surface area contributed by atoms with E-state index >= 15 is 0 Å². The third-order valence-electron chi connectivity index (χ3n) is 4.01. The third kappa shape index (κ3) is 2.81. The van der Waals surface area contributed by atoms with Gasteiger partial charge < -0.3 is 0 Å². The van der Waals surface area contributed by atoms with Gasteiger partial charge in [0.25, 0.3) is 5.91 Å². The van der Waals surface area contributed by atoms with Crippen molar-refractivity contribution in [2.45, 2.75) is 6.18 Å². The van der Waals surface area contributed by atoms with Crippen LogP contribution < -0.4 is 5.32 Å². The number of alkyl halides is 3. The molecule has 1 aromatic heterocycles. The van der Waals surface area contributed by atoms with Crippen molar-refractivity contribution in [1.29, 1.82) is 0 Å². The van der Waals surface area contributed by atoms with Crippen molar-refractivity contribution in [3.8, 4) is 0 Å². The summed E-state index contributed by atoms with van der Waals surface area (Å²) in [5, 5.41) is 2.64. The number of para-hydroxylation sites is 1.